The molecule has 0 bridgehead atoms. The van der Waals surface area contributed by atoms with Crippen molar-refractivity contribution in [2.75, 3.05) is 6.54 Å². The lowest BCUT2D eigenvalue weighted by Crippen LogP contribution is -2.39. The molecule has 23 heavy (non-hydrogen) atoms. The first kappa shape index (κ1) is 17.5. The van der Waals surface area contributed by atoms with Gasteiger partial charge in [0.25, 0.3) is 0 Å². The van der Waals surface area contributed by atoms with Gasteiger partial charge in [-0.05, 0) is 18.6 Å². The molecule has 0 aliphatic heterocycles. The highest BCUT2D eigenvalue weighted by molar-refractivity contribution is 7.88. The van der Waals surface area contributed by atoms with Crippen LogP contribution in [0.4, 0.5) is 8.78 Å². The Hall–Kier alpha value is -1.83. The molecule has 2 aromatic carbocycles. The minimum atomic E-state index is -3.88. The van der Waals surface area contributed by atoms with Crippen molar-refractivity contribution in [3.63, 3.8) is 0 Å². The van der Waals surface area contributed by atoms with Crippen LogP contribution in [0.15, 0.2) is 48.5 Å². The van der Waals surface area contributed by atoms with E-state index in [1.807, 2.05) is 0 Å². The molecule has 0 aliphatic carbocycles. The molecule has 0 spiro atoms. The van der Waals surface area contributed by atoms with Crippen molar-refractivity contribution >= 4 is 10.0 Å². The zero-order chi connectivity index (χ0) is 17.1. The molecule has 0 aliphatic rings. The lowest BCUT2D eigenvalue weighted by molar-refractivity contribution is 0.0627. The van der Waals surface area contributed by atoms with Crippen molar-refractivity contribution in [3.05, 3.63) is 71.3 Å². The molecular formula is C16H17F2NO3S. The summed E-state index contributed by atoms with van der Waals surface area (Å²) in [4.78, 5) is 0. The summed E-state index contributed by atoms with van der Waals surface area (Å²) in [5.74, 6) is -2.34. The fraction of sp³-hybridized carbons (Fsp3) is 0.250. The number of hydrogen-bond donors (Lipinski definition) is 2. The lowest BCUT2D eigenvalue weighted by Gasteiger charge is -2.24. The Kier molecular flexibility index (Phi) is 5.13. The smallest absolute Gasteiger partial charge is 0.215 e. The average Bonchev–Trinajstić information content (AvgIpc) is 2.49. The van der Waals surface area contributed by atoms with Crippen LogP contribution in [0, 0.1) is 11.6 Å². The van der Waals surface area contributed by atoms with Gasteiger partial charge in [0.05, 0.1) is 5.75 Å². The van der Waals surface area contributed by atoms with Crippen molar-refractivity contribution < 1.29 is 22.3 Å². The first-order valence-electron chi connectivity index (χ1n) is 6.89. The minimum absolute atomic E-state index is 0.141. The second-order valence-electron chi connectivity index (χ2n) is 5.46. The van der Waals surface area contributed by atoms with Crippen LogP contribution in [0.25, 0.3) is 0 Å². The third kappa shape index (κ3) is 4.82. The van der Waals surface area contributed by atoms with E-state index in [9.17, 15) is 22.3 Å². The molecule has 0 saturated heterocycles. The summed E-state index contributed by atoms with van der Waals surface area (Å²) >= 11 is 0. The SMILES string of the molecule is CC(O)(CNS(=O)(=O)Cc1ccc(F)cc1F)c1ccccc1. The van der Waals surface area contributed by atoms with Gasteiger partial charge in [0.15, 0.2) is 0 Å². The lowest BCUT2D eigenvalue weighted by atomic mass is 9.97. The van der Waals surface area contributed by atoms with E-state index in [2.05, 4.69) is 4.72 Å². The van der Waals surface area contributed by atoms with E-state index >= 15 is 0 Å². The van der Waals surface area contributed by atoms with Crippen LogP contribution < -0.4 is 4.72 Å². The molecule has 0 radical (unpaired) electrons. The van der Waals surface area contributed by atoms with E-state index < -0.39 is 33.0 Å². The molecule has 0 fully saturated rings. The Morgan fingerprint density at radius 2 is 1.78 bits per heavy atom. The molecule has 1 unspecified atom stereocenters. The first-order chi connectivity index (χ1) is 10.7. The maximum absolute atomic E-state index is 13.5. The Morgan fingerprint density at radius 1 is 1.13 bits per heavy atom. The van der Waals surface area contributed by atoms with Gasteiger partial charge in [-0.15, -0.1) is 0 Å². The van der Waals surface area contributed by atoms with E-state index in [1.165, 1.54) is 6.92 Å². The number of rotatable bonds is 6. The molecule has 0 saturated carbocycles. The van der Waals surface area contributed by atoms with E-state index in [4.69, 9.17) is 0 Å². The molecule has 7 heteroatoms. The van der Waals surface area contributed by atoms with Gasteiger partial charge in [0.2, 0.25) is 10.0 Å². The zero-order valence-electron chi connectivity index (χ0n) is 12.5. The fourth-order valence-corrected chi connectivity index (χ4v) is 3.29. The van der Waals surface area contributed by atoms with Crippen LogP contribution in [-0.2, 0) is 21.4 Å². The molecule has 1 atom stereocenters. The maximum atomic E-state index is 13.5. The molecule has 2 rings (SSSR count). The van der Waals surface area contributed by atoms with Gasteiger partial charge in [-0.2, -0.15) is 0 Å². The highest BCUT2D eigenvalue weighted by Crippen LogP contribution is 2.20. The minimum Gasteiger partial charge on any atom is -0.384 e. The summed E-state index contributed by atoms with van der Waals surface area (Å²) in [5.41, 5.74) is -0.996. The van der Waals surface area contributed by atoms with Gasteiger partial charge in [0, 0.05) is 18.2 Å². The summed E-state index contributed by atoms with van der Waals surface area (Å²) in [7, 11) is -3.88. The summed E-state index contributed by atoms with van der Waals surface area (Å²) in [6.45, 7) is 1.21. The van der Waals surface area contributed by atoms with Crippen LogP contribution in [-0.4, -0.2) is 20.1 Å². The highest BCUT2D eigenvalue weighted by atomic mass is 32.2. The summed E-state index contributed by atoms with van der Waals surface area (Å²) in [6.07, 6.45) is 0. The monoisotopic (exact) mass is 341 g/mol. The summed E-state index contributed by atoms with van der Waals surface area (Å²) < 4.78 is 52.7. The van der Waals surface area contributed by atoms with Crippen LogP contribution >= 0.6 is 0 Å². The Balaban J connectivity index is 2.07. The molecule has 124 valence electrons. The van der Waals surface area contributed by atoms with Gasteiger partial charge < -0.3 is 5.11 Å². The largest absolute Gasteiger partial charge is 0.384 e. The number of nitrogens with one attached hydrogen (secondary N) is 1. The van der Waals surface area contributed by atoms with E-state index in [-0.39, 0.29) is 12.1 Å². The molecule has 2 aromatic rings. The van der Waals surface area contributed by atoms with E-state index in [0.717, 1.165) is 12.1 Å². The average molecular weight is 341 g/mol. The predicted octanol–water partition coefficient (Wildman–Crippen LogP) is 2.29. The number of halogens is 2. The molecule has 0 heterocycles. The molecule has 0 amide bonds. The Morgan fingerprint density at radius 3 is 2.39 bits per heavy atom. The van der Waals surface area contributed by atoms with Crippen molar-refractivity contribution in [3.8, 4) is 0 Å². The second kappa shape index (κ2) is 6.74. The Labute approximate surface area is 133 Å². The fourth-order valence-electron chi connectivity index (χ4n) is 2.04. The Bertz CT molecular complexity index is 777. The van der Waals surface area contributed by atoms with E-state index in [0.29, 0.717) is 11.6 Å². The maximum Gasteiger partial charge on any atom is 0.215 e. The van der Waals surface area contributed by atoms with Crippen molar-refractivity contribution in [2.24, 2.45) is 0 Å². The second-order valence-corrected chi connectivity index (χ2v) is 7.26. The molecule has 2 N–H and O–H groups in total. The predicted molar refractivity (Wildman–Crippen MR) is 83.0 cm³/mol. The van der Waals surface area contributed by atoms with Gasteiger partial charge in [0.1, 0.15) is 17.2 Å². The van der Waals surface area contributed by atoms with Gasteiger partial charge >= 0.3 is 0 Å². The highest BCUT2D eigenvalue weighted by Gasteiger charge is 2.25. The molecule has 0 aromatic heterocycles. The third-order valence-corrected chi connectivity index (χ3v) is 4.67. The van der Waals surface area contributed by atoms with Crippen LogP contribution in [0.5, 0.6) is 0 Å². The number of aliphatic hydroxyl groups is 1. The van der Waals surface area contributed by atoms with Crippen LogP contribution in [0.1, 0.15) is 18.1 Å². The quantitative estimate of drug-likeness (QED) is 0.847. The number of benzene rings is 2. The molecular weight excluding hydrogens is 324 g/mol. The van der Waals surface area contributed by atoms with Crippen LogP contribution in [0.3, 0.4) is 0 Å². The topological polar surface area (TPSA) is 66.4 Å². The van der Waals surface area contributed by atoms with Crippen molar-refractivity contribution in [1.29, 1.82) is 0 Å². The van der Waals surface area contributed by atoms with Gasteiger partial charge in [-0.3, -0.25) is 0 Å². The number of sulfonamides is 1. The first-order valence-corrected chi connectivity index (χ1v) is 8.54. The molecule has 4 nitrogen and oxygen atoms in total. The zero-order valence-corrected chi connectivity index (χ0v) is 13.3. The summed E-state index contributed by atoms with van der Waals surface area (Å²) in [5, 5.41) is 10.4. The van der Waals surface area contributed by atoms with Crippen molar-refractivity contribution in [2.45, 2.75) is 18.3 Å². The normalized spacial score (nSPS) is 14.4. The van der Waals surface area contributed by atoms with Gasteiger partial charge in [-0.1, -0.05) is 36.4 Å². The van der Waals surface area contributed by atoms with Gasteiger partial charge in [-0.25, -0.2) is 21.9 Å². The van der Waals surface area contributed by atoms with Crippen LogP contribution in [0.2, 0.25) is 0 Å². The number of hydrogen-bond acceptors (Lipinski definition) is 3. The summed E-state index contributed by atoms with van der Waals surface area (Å²) in [6, 6.07) is 11.3. The third-order valence-electron chi connectivity index (χ3n) is 3.39. The van der Waals surface area contributed by atoms with Crippen molar-refractivity contribution in [1.82, 2.24) is 4.72 Å². The van der Waals surface area contributed by atoms with E-state index in [1.54, 1.807) is 30.3 Å². The standard InChI is InChI=1S/C16H17F2NO3S/c1-16(20,13-5-3-2-4-6-13)11-19-23(21,22)10-12-7-8-14(17)9-15(12)18/h2-9,19-20H,10-11H2,1H3.